The molecule has 0 bridgehead atoms. The van der Waals surface area contributed by atoms with Crippen LogP contribution in [0.2, 0.25) is 0 Å². The van der Waals surface area contributed by atoms with E-state index in [9.17, 15) is 4.79 Å². The molecular formula is C18H25NO4. The van der Waals surface area contributed by atoms with E-state index in [0.29, 0.717) is 13.2 Å². The second kappa shape index (κ2) is 8.13. The van der Waals surface area contributed by atoms with Gasteiger partial charge in [-0.15, -0.1) is 6.58 Å². The van der Waals surface area contributed by atoms with Gasteiger partial charge in [-0.05, 0) is 50.3 Å². The number of primary amides is 1. The molecule has 0 saturated carbocycles. The van der Waals surface area contributed by atoms with Gasteiger partial charge in [-0.25, -0.2) is 0 Å². The molecule has 5 nitrogen and oxygen atoms in total. The minimum Gasteiger partial charge on any atom is -0.491 e. The van der Waals surface area contributed by atoms with Crippen molar-refractivity contribution in [2.45, 2.75) is 44.5 Å². The third-order valence-electron chi connectivity index (χ3n) is 3.87. The number of rotatable bonds is 9. The van der Waals surface area contributed by atoms with Gasteiger partial charge in [-0.3, -0.25) is 4.79 Å². The molecule has 0 aromatic heterocycles. The van der Waals surface area contributed by atoms with Crippen LogP contribution in [-0.2, 0) is 20.7 Å². The zero-order valence-corrected chi connectivity index (χ0v) is 13.6. The van der Waals surface area contributed by atoms with Crippen LogP contribution in [0.5, 0.6) is 5.75 Å². The van der Waals surface area contributed by atoms with Gasteiger partial charge in [-0.2, -0.15) is 0 Å². The molecule has 1 heterocycles. The largest absolute Gasteiger partial charge is 0.491 e. The number of unbranched alkanes of at least 4 members (excludes halogenated alkanes) is 2. The summed E-state index contributed by atoms with van der Waals surface area (Å²) in [6.07, 6.45) is 6.10. The van der Waals surface area contributed by atoms with E-state index < -0.39 is 11.7 Å². The fraction of sp³-hybridized carbons (Fsp3) is 0.500. The third-order valence-corrected chi connectivity index (χ3v) is 3.87. The third kappa shape index (κ3) is 5.08. The molecule has 126 valence electrons. The molecule has 2 rings (SSSR count). The SMILES string of the molecule is C=CCCCCc1ccc(OC[C@@H]2COC(C)(C(N)=O)O2)cc1. The zero-order valence-electron chi connectivity index (χ0n) is 13.6. The van der Waals surface area contributed by atoms with Crippen molar-refractivity contribution in [1.82, 2.24) is 0 Å². The average Bonchev–Trinajstić information content (AvgIpc) is 2.94. The standard InChI is InChI=1S/C18H25NO4/c1-3-4-5-6-7-14-8-10-15(11-9-14)21-12-16-13-22-18(2,23-16)17(19)20/h3,8-11,16H,1,4-7,12-13H2,2H3,(H2,19,20)/t16-,18?/m1/s1. The van der Waals surface area contributed by atoms with Crippen LogP contribution in [0.3, 0.4) is 0 Å². The molecule has 5 heteroatoms. The minimum absolute atomic E-state index is 0.292. The monoisotopic (exact) mass is 319 g/mol. The van der Waals surface area contributed by atoms with E-state index in [1.165, 1.54) is 18.9 Å². The lowest BCUT2D eigenvalue weighted by atomic mass is 10.1. The van der Waals surface area contributed by atoms with Crippen LogP contribution in [-0.4, -0.2) is 31.0 Å². The van der Waals surface area contributed by atoms with Crippen molar-refractivity contribution in [2.24, 2.45) is 5.73 Å². The predicted molar refractivity (Wildman–Crippen MR) is 88.1 cm³/mol. The summed E-state index contributed by atoms with van der Waals surface area (Å²) in [6, 6.07) is 8.05. The van der Waals surface area contributed by atoms with E-state index >= 15 is 0 Å². The first kappa shape index (κ1) is 17.5. The van der Waals surface area contributed by atoms with Gasteiger partial charge in [0.25, 0.3) is 5.91 Å². The van der Waals surface area contributed by atoms with E-state index in [-0.39, 0.29) is 6.10 Å². The molecule has 1 fully saturated rings. The molecule has 23 heavy (non-hydrogen) atoms. The second-order valence-corrected chi connectivity index (χ2v) is 5.85. The van der Waals surface area contributed by atoms with Crippen LogP contribution in [0.1, 0.15) is 31.7 Å². The highest BCUT2D eigenvalue weighted by molar-refractivity contribution is 5.81. The first-order valence-electron chi connectivity index (χ1n) is 7.98. The van der Waals surface area contributed by atoms with Crippen molar-refractivity contribution in [3.05, 3.63) is 42.5 Å². The Balaban J connectivity index is 1.74. The van der Waals surface area contributed by atoms with Crippen molar-refractivity contribution in [3.8, 4) is 5.75 Å². The van der Waals surface area contributed by atoms with Crippen LogP contribution in [0.15, 0.2) is 36.9 Å². The van der Waals surface area contributed by atoms with E-state index in [2.05, 4.69) is 18.7 Å². The summed E-state index contributed by atoms with van der Waals surface area (Å²) >= 11 is 0. The molecular weight excluding hydrogens is 294 g/mol. The van der Waals surface area contributed by atoms with Crippen molar-refractivity contribution in [1.29, 1.82) is 0 Å². The number of nitrogens with two attached hydrogens (primary N) is 1. The summed E-state index contributed by atoms with van der Waals surface area (Å²) in [5, 5.41) is 0. The van der Waals surface area contributed by atoms with Crippen molar-refractivity contribution in [3.63, 3.8) is 0 Å². The number of amides is 1. The molecule has 1 amide bonds. The van der Waals surface area contributed by atoms with E-state index in [1.54, 1.807) is 0 Å². The number of carbonyl (C=O) groups is 1. The molecule has 1 aliphatic heterocycles. The van der Waals surface area contributed by atoms with Crippen molar-refractivity contribution >= 4 is 5.91 Å². The topological polar surface area (TPSA) is 70.8 Å². The molecule has 2 N–H and O–H groups in total. The van der Waals surface area contributed by atoms with Crippen molar-refractivity contribution < 1.29 is 19.0 Å². The van der Waals surface area contributed by atoms with Crippen LogP contribution in [0.4, 0.5) is 0 Å². The summed E-state index contributed by atoms with van der Waals surface area (Å²) in [5.41, 5.74) is 6.54. The minimum atomic E-state index is -1.34. The highest BCUT2D eigenvalue weighted by Gasteiger charge is 2.42. The Kier molecular flexibility index (Phi) is 6.19. The van der Waals surface area contributed by atoms with Gasteiger partial charge in [0.15, 0.2) is 0 Å². The Labute approximate surface area is 137 Å². The summed E-state index contributed by atoms with van der Waals surface area (Å²) in [5.74, 6) is -1.19. The maximum Gasteiger partial charge on any atom is 0.277 e. The normalized spacial score (nSPS) is 23.6. The van der Waals surface area contributed by atoms with Crippen molar-refractivity contribution in [2.75, 3.05) is 13.2 Å². The fourth-order valence-corrected chi connectivity index (χ4v) is 2.41. The van der Waals surface area contributed by atoms with E-state index in [1.807, 2.05) is 18.2 Å². The van der Waals surface area contributed by atoms with Crippen LogP contribution < -0.4 is 10.5 Å². The molecule has 1 aliphatic rings. The molecule has 0 aliphatic carbocycles. The molecule has 1 unspecified atom stereocenters. The number of hydrogen-bond acceptors (Lipinski definition) is 4. The van der Waals surface area contributed by atoms with Gasteiger partial charge in [0.1, 0.15) is 18.5 Å². The van der Waals surface area contributed by atoms with Gasteiger partial charge in [0, 0.05) is 0 Å². The summed E-state index contributed by atoms with van der Waals surface area (Å²) in [4.78, 5) is 11.2. The summed E-state index contributed by atoms with van der Waals surface area (Å²) < 4.78 is 16.5. The molecule has 1 aromatic carbocycles. The van der Waals surface area contributed by atoms with Crippen LogP contribution in [0, 0.1) is 0 Å². The first-order valence-corrected chi connectivity index (χ1v) is 7.98. The lowest BCUT2D eigenvalue weighted by Crippen LogP contribution is -2.42. The van der Waals surface area contributed by atoms with Gasteiger partial charge >= 0.3 is 0 Å². The molecule has 1 saturated heterocycles. The Bertz CT molecular complexity index is 528. The quantitative estimate of drug-likeness (QED) is 0.561. The number of carbonyl (C=O) groups excluding carboxylic acids is 1. The van der Waals surface area contributed by atoms with Gasteiger partial charge in [-0.1, -0.05) is 18.2 Å². The summed E-state index contributed by atoms with van der Waals surface area (Å²) in [6.45, 7) is 5.86. The molecule has 0 spiro atoms. The lowest BCUT2D eigenvalue weighted by molar-refractivity contribution is -0.178. The van der Waals surface area contributed by atoms with Gasteiger partial charge in [0.05, 0.1) is 6.61 Å². The number of ether oxygens (including phenoxy) is 3. The summed E-state index contributed by atoms with van der Waals surface area (Å²) in [7, 11) is 0. The Morgan fingerprint density at radius 2 is 2.17 bits per heavy atom. The number of aryl methyl sites for hydroxylation is 1. The van der Waals surface area contributed by atoms with E-state index in [0.717, 1.165) is 25.0 Å². The average molecular weight is 319 g/mol. The molecule has 0 radical (unpaired) electrons. The Morgan fingerprint density at radius 3 is 2.78 bits per heavy atom. The van der Waals surface area contributed by atoms with Crippen LogP contribution >= 0.6 is 0 Å². The molecule has 2 atom stereocenters. The Morgan fingerprint density at radius 1 is 1.43 bits per heavy atom. The van der Waals surface area contributed by atoms with E-state index in [4.69, 9.17) is 19.9 Å². The number of hydrogen-bond donors (Lipinski definition) is 1. The number of allylic oxidation sites excluding steroid dienone is 1. The highest BCUT2D eigenvalue weighted by atomic mass is 16.8. The zero-order chi connectivity index (χ0) is 16.7. The lowest BCUT2D eigenvalue weighted by Gasteiger charge is -2.18. The smallest absolute Gasteiger partial charge is 0.277 e. The molecule has 1 aromatic rings. The maximum absolute atomic E-state index is 11.2. The first-order chi connectivity index (χ1) is 11.0. The predicted octanol–water partition coefficient (Wildman–Crippen LogP) is 2.58. The fourth-order valence-electron chi connectivity index (χ4n) is 2.41. The van der Waals surface area contributed by atoms with Crippen LogP contribution in [0.25, 0.3) is 0 Å². The second-order valence-electron chi connectivity index (χ2n) is 5.85. The highest BCUT2D eigenvalue weighted by Crippen LogP contribution is 2.24. The van der Waals surface area contributed by atoms with Gasteiger partial charge < -0.3 is 19.9 Å². The van der Waals surface area contributed by atoms with Gasteiger partial charge in [0.2, 0.25) is 5.79 Å². The number of benzene rings is 1. The maximum atomic E-state index is 11.2. The Hall–Kier alpha value is -1.85.